The lowest BCUT2D eigenvalue weighted by molar-refractivity contribution is -0.0727. The van der Waals surface area contributed by atoms with Gasteiger partial charge in [0.05, 0.1) is 5.60 Å². The van der Waals surface area contributed by atoms with E-state index in [1.807, 2.05) is 31.2 Å². The van der Waals surface area contributed by atoms with E-state index in [0.717, 1.165) is 5.56 Å². The minimum atomic E-state index is -0.717. The van der Waals surface area contributed by atoms with Gasteiger partial charge in [-0.15, -0.1) is 0 Å². The average molecular weight is 217 g/mol. The second-order valence-electron chi connectivity index (χ2n) is 4.95. The Morgan fingerprint density at radius 1 is 1.31 bits per heavy atom. The number of hydrogen-bond acceptors (Lipinski definition) is 3. The summed E-state index contributed by atoms with van der Waals surface area (Å²) in [5.41, 5.74) is 0.873. The van der Waals surface area contributed by atoms with E-state index in [4.69, 9.17) is 0 Å². The number of isocyanates is 1. The largest absolute Gasteiger partial charge is 0.390 e. The van der Waals surface area contributed by atoms with Gasteiger partial charge in [0, 0.05) is 12.8 Å². The van der Waals surface area contributed by atoms with Gasteiger partial charge in [-0.3, -0.25) is 0 Å². The molecule has 3 nitrogen and oxygen atoms in total. The summed E-state index contributed by atoms with van der Waals surface area (Å²) in [5, 5.41) is 9.80. The fourth-order valence-electron chi connectivity index (χ4n) is 2.51. The summed E-state index contributed by atoms with van der Waals surface area (Å²) >= 11 is 0. The van der Waals surface area contributed by atoms with Crippen molar-refractivity contribution in [2.45, 2.75) is 37.8 Å². The van der Waals surface area contributed by atoms with Crippen LogP contribution in [0.2, 0.25) is 0 Å². The highest BCUT2D eigenvalue weighted by Crippen LogP contribution is 2.50. The monoisotopic (exact) mass is 217 g/mol. The van der Waals surface area contributed by atoms with Gasteiger partial charge in [-0.25, -0.2) is 4.79 Å². The molecule has 0 heterocycles. The molecule has 1 aromatic carbocycles. The molecule has 1 saturated carbocycles. The standard InChI is InChI=1S/C13H15NO2/c1-10-3-5-11(6-4-10)13(14-9-15)7-12(2,16)8-13/h3-6,16H,7-8H2,1-2H3. The fraction of sp³-hybridized carbons (Fsp3) is 0.462. The smallest absolute Gasteiger partial charge is 0.235 e. The van der Waals surface area contributed by atoms with Crippen molar-refractivity contribution in [3.05, 3.63) is 35.4 Å². The molecule has 0 amide bonds. The summed E-state index contributed by atoms with van der Waals surface area (Å²) in [7, 11) is 0. The molecule has 1 N–H and O–H groups in total. The lowest BCUT2D eigenvalue weighted by Crippen LogP contribution is -2.51. The fourth-order valence-corrected chi connectivity index (χ4v) is 2.51. The summed E-state index contributed by atoms with van der Waals surface area (Å²) in [6, 6.07) is 7.91. The second-order valence-corrected chi connectivity index (χ2v) is 4.95. The predicted molar refractivity (Wildman–Crippen MR) is 60.8 cm³/mol. The quantitative estimate of drug-likeness (QED) is 0.609. The maximum atomic E-state index is 10.5. The van der Waals surface area contributed by atoms with Crippen LogP contribution in [0.25, 0.3) is 0 Å². The first-order valence-electron chi connectivity index (χ1n) is 5.36. The van der Waals surface area contributed by atoms with Crippen molar-refractivity contribution in [2.75, 3.05) is 0 Å². The van der Waals surface area contributed by atoms with Crippen LogP contribution in [-0.4, -0.2) is 16.8 Å². The Hall–Kier alpha value is -1.44. The van der Waals surface area contributed by atoms with Gasteiger partial charge >= 0.3 is 0 Å². The van der Waals surface area contributed by atoms with Crippen LogP contribution in [0.5, 0.6) is 0 Å². The molecule has 3 heteroatoms. The highest BCUT2D eigenvalue weighted by Gasteiger charge is 2.52. The minimum absolute atomic E-state index is 0.484. The Morgan fingerprint density at radius 2 is 1.88 bits per heavy atom. The zero-order valence-corrected chi connectivity index (χ0v) is 9.53. The molecule has 0 radical (unpaired) electrons. The third-order valence-corrected chi connectivity index (χ3v) is 3.20. The van der Waals surface area contributed by atoms with Crippen molar-refractivity contribution in [3.63, 3.8) is 0 Å². The van der Waals surface area contributed by atoms with Crippen molar-refractivity contribution in [1.29, 1.82) is 0 Å². The number of benzene rings is 1. The number of carbonyl (C=O) groups excluding carboxylic acids is 1. The first-order valence-corrected chi connectivity index (χ1v) is 5.36. The number of aliphatic imine (C=N–C) groups is 1. The van der Waals surface area contributed by atoms with E-state index in [1.165, 1.54) is 5.56 Å². The van der Waals surface area contributed by atoms with Gasteiger partial charge in [0.1, 0.15) is 5.54 Å². The molecular weight excluding hydrogens is 202 g/mol. The Kier molecular flexibility index (Phi) is 2.45. The van der Waals surface area contributed by atoms with Gasteiger partial charge in [-0.05, 0) is 19.4 Å². The molecular formula is C13H15NO2. The zero-order valence-electron chi connectivity index (χ0n) is 9.53. The van der Waals surface area contributed by atoms with Crippen LogP contribution < -0.4 is 0 Å². The lowest BCUT2D eigenvalue weighted by Gasteiger charge is -2.48. The molecule has 2 rings (SSSR count). The Bertz CT molecular complexity index is 434. The number of nitrogens with zero attached hydrogens (tertiary/aromatic N) is 1. The van der Waals surface area contributed by atoms with Gasteiger partial charge in [-0.1, -0.05) is 29.8 Å². The van der Waals surface area contributed by atoms with Gasteiger partial charge in [0.15, 0.2) is 0 Å². The predicted octanol–water partition coefficient (Wildman–Crippen LogP) is 2.07. The Balaban J connectivity index is 2.35. The summed E-state index contributed by atoms with van der Waals surface area (Å²) in [4.78, 5) is 14.4. The lowest BCUT2D eigenvalue weighted by atomic mass is 9.63. The van der Waals surface area contributed by atoms with Crippen molar-refractivity contribution < 1.29 is 9.90 Å². The van der Waals surface area contributed by atoms with Gasteiger partial charge in [-0.2, -0.15) is 4.99 Å². The van der Waals surface area contributed by atoms with Gasteiger partial charge in [0.2, 0.25) is 6.08 Å². The molecule has 1 aromatic rings. The van der Waals surface area contributed by atoms with E-state index in [2.05, 4.69) is 4.99 Å². The van der Waals surface area contributed by atoms with Crippen LogP contribution in [0.3, 0.4) is 0 Å². The van der Waals surface area contributed by atoms with E-state index in [-0.39, 0.29) is 0 Å². The zero-order chi connectivity index (χ0) is 11.8. The number of rotatable bonds is 2. The Labute approximate surface area is 94.8 Å². The van der Waals surface area contributed by atoms with Crippen molar-refractivity contribution in [2.24, 2.45) is 4.99 Å². The van der Waals surface area contributed by atoms with Crippen LogP contribution in [0.1, 0.15) is 30.9 Å². The first kappa shape index (κ1) is 11.1. The minimum Gasteiger partial charge on any atom is -0.390 e. The van der Waals surface area contributed by atoms with E-state index in [1.54, 1.807) is 13.0 Å². The van der Waals surface area contributed by atoms with Crippen LogP contribution >= 0.6 is 0 Å². The van der Waals surface area contributed by atoms with E-state index in [0.29, 0.717) is 12.8 Å². The van der Waals surface area contributed by atoms with Crippen molar-refractivity contribution >= 4 is 6.08 Å². The van der Waals surface area contributed by atoms with Crippen molar-refractivity contribution in [1.82, 2.24) is 0 Å². The van der Waals surface area contributed by atoms with E-state index < -0.39 is 11.1 Å². The topological polar surface area (TPSA) is 49.7 Å². The highest BCUT2D eigenvalue weighted by molar-refractivity contribution is 5.41. The summed E-state index contributed by atoms with van der Waals surface area (Å²) in [5.74, 6) is 0. The summed E-state index contributed by atoms with van der Waals surface area (Å²) in [6.07, 6.45) is 2.59. The van der Waals surface area contributed by atoms with Gasteiger partial charge < -0.3 is 5.11 Å². The van der Waals surface area contributed by atoms with Crippen LogP contribution in [0, 0.1) is 6.92 Å². The Morgan fingerprint density at radius 3 is 2.31 bits per heavy atom. The molecule has 0 atom stereocenters. The maximum Gasteiger partial charge on any atom is 0.235 e. The second kappa shape index (κ2) is 3.55. The average Bonchev–Trinajstić information content (AvgIpc) is 2.16. The molecule has 16 heavy (non-hydrogen) atoms. The van der Waals surface area contributed by atoms with E-state index in [9.17, 15) is 9.90 Å². The third-order valence-electron chi connectivity index (χ3n) is 3.20. The van der Waals surface area contributed by atoms with Crippen molar-refractivity contribution in [3.8, 4) is 0 Å². The first-order chi connectivity index (χ1) is 7.47. The number of hydrogen-bond donors (Lipinski definition) is 1. The number of aryl methyl sites for hydroxylation is 1. The van der Waals surface area contributed by atoms with Crippen LogP contribution in [0.15, 0.2) is 29.3 Å². The molecule has 0 unspecified atom stereocenters. The molecule has 0 aromatic heterocycles. The van der Waals surface area contributed by atoms with Gasteiger partial charge in [0.25, 0.3) is 0 Å². The molecule has 1 aliphatic rings. The SMILES string of the molecule is Cc1ccc(C2(N=C=O)CC(C)(O)C2)cc1. The maximum absolute atomic E-state index is 10.5. The normalized spacial score (nSPS) is 32.7. The molecule has 0 spiro atoms. The van der Waals surface area contributed by atoms with E-state index >= 15 is 0 Å². The molecule has 1 aliphatic carbocycles. The third kappa shape index (κ3) is 1.80. The molecule has 1 fully saturated rings. The summed E-state index contributed by atoms with van der Waals surface area (Å²) in [6.45, 7) is 3.77. The van der Waals surface area contributed by atoms with Crippen LogP contribution in [0.4, 0.5) is 0 Å². The number of aliphatic hydroxyl groups is 1. The molecule has 84 valence electrons. The molecule has 0 bridgehead atoms. The summed E-state index contributed by atoms with van der Waals surface area (Å²) < 4.78 is 0. The highest BCUT2D eigenvalue weighted by atomic mass is 16.3. The molecule has 0 aliphatic heterocycles. The van der Waals surface area contributed by atoms with Crippen LogP contribution in [-0.2, 0) is 10.3 Å². The molecule has 0 saturated heterocycles.